The summed E-state index contributed by atoms with van der Waals surface area (Å²) in [5.74, 6) is 2.05. The molecule has 0 aliphatic heterocycles. The lowest BCUT2D eigenvalue weighted by molar-refractivity contribution is 0.396. The maximum atomic E-state index is 5.44. The minimum atomic E-state index is 0.552. The summed E-state index contributed by atoms with van der Waals surface area (Å²) in [5, 5.41) is 2.06. The van der Waals surface area contributed by atoms with E-state index in [0.717, 1.165) is 12.3 Å². The average Bonchev–Trinajstić information content (AvgIpc) is 3.20. The largest absolute Gasteiger partial charge is 0.481 e. The lowest BCUT2D eigenvalue weighted by atomic mass is 10.3. The van der Waals surface area contributed by atoms with Gasteiger partial charge in [-0.1, -0.05) is 6.07 Å². The van der Waals surface area contributed by atoms with Crippen LogP contribution in [-0.2, 0) is 13.1 Å². The molecule has 6 heteroatoms. The van der Waals surface area contributed by atoms with Gasteiger partial charge in [0.15, 0.2) is 0 Å². The van der Waals surface area contributed by atoms with E-state index in [2.05, 4.69) is 26.3 Å². The van der Waals surface area contributed by atoms with Gasteiger partial charge in [0.1, 0.15) is 5.76 Å². The second-order valence-electron chi connectivity index (χ2n) is 4.41. The van der Waals surface area contributed by atoms with Gasteiger partial charge in [0.25, 0.3) is 0 Å². The van der Waals surface area contributed by atoms with Gasteiger partial charge in [0, 0.05) is 17.1 Å². The highest BCUT2D eigenvalue weighted by atomic mass is 32.1. The van der Waals surface area contributed by atoms with E-state index in [1.807, 2.05) is 18.2 Å². The number of thiophene rings is 1. The SMILES string of the molecule is COc1ccnc(N(Cc2ccco2)Cc2cccs2)n1. The van der Waals surface area contributed by atoms with Crippen LogP contribution in [0.1, 0.15) is 10.6 Å². The van der Waals surface area contributed by atoms with Crippen LogP contribution in [0.3, 0.4) is 0 Å². The number of methoxy groups -OCH3 is 1. The smallest absolute Gasteiger partial charge is 0.229 e. The molecule has 3 heterocycles. The Morgan fingerprint density at radius 1 is 1.24 bits per heavy atom. The molecule has 5 nitrogen and oxygen atoms in total. The van der Waals surface area contributed by atoms with Gasteiger partial charge >= 0.3 is 0 Å². The summed E-state index contributed by atoms with van der Waals surface area (Å²) in [6.45, 7) is 1.34. The molecule has 0 saturated heterocycles. The van der Waals surface area contributed by atoms with Crippen LogP contribution in [0.15, 0.2) is 52.6 Å². The van der Waals surface area contributed by atoms with Gasteiger partial charge in [-0.3, -0.25) is 0 Å². The second kappa shape index (κ2) is 6.41. The van der Waals surface area contributed by atoms with Crippen LogP contribution in [0.5, 0.6) is 5.88 Å². The van der Waals surface area contributed by atoms with E-state index in [1.165, 1.54) is 4.88 Å². The quantitative estimate of drug-likeness (QED) is 0.699. The van der Waals surface area contributed by atoms with Crippen molar-refractivity contribution < 1.29 is 9.15 Å². The molecule has 0 unspecified atom stereocenters. The van der Waals surface area contributed by atoms with E-state index < -0.39 is 0 Å². The van der Waals surface area contributed by atoms with Crippen molar-refractivity contribution >= 4 is 17.3 Å². The van der Waals surface area contributed by atoms with Crippen molar-refractivity contribution in [2.24, 2.45) is 0 Å². The lowest BCUT2D eigenvalue weighted by Crippen LogP contribution is -2.23. The van der Waals surface area contributed by atoms with Gasteiger partial charge in [0.05, 0.1) is 26.5 Å². The number of ether oxygens (including phenoxy) is 1. The molecule has 0 radical (unpaired) electrons. The molecular formula is C15H15N3O2S. The number of hydrogen-bond donors (Lipinski definition) is 0. The standard InChI is InChI=1S/C15H15N3O2S/c1-19-14-6-7-16-15(17-14)18(10-12-4-2-8-20-12)11-13-5-3-9-21-13/h2-9H,10-11H2,1H3. The van der Waals surface area contributed by atoms with Gasteiger partial charge in [-0.15, -0.1) is 11.3 Å². The van der Waals surface area contributed by atoms with Gasteiger partial charge < -0.3 is 14.1 Å². The summed E-state index contributed by atoms with van der Waals surface area (Å²) in [4.78, 5) is 12.1. The first-order valence-corrected chi connectivity index (χ1v) is 7.40. The summed E-state index contributed by atoms with van der Waals surface area (Å²) in [7, 11) is 1.60. The van der Waals surface area contributed by atoms with Crippen LogP contribution >= 0.6 is 11.3 Å². The van der Waals surface area contributed by atoms with Crippen LogP contribution in [0.25, 0.3) is 0 Å². The predicted octanol–water partition coefficient (Wildman–Crippen LogP) is 3.35. The molecule has 3 aromatic heterocycles. The molecule has 0 aromatic carbocycles. The van der Waals surface area contributed by atoms with E-state index in [0.29, 0.717) is 18.4 Å². The predicted molar refractivity (Wildman–Crippen MR) is 81.5 cm³/mol. The Hall–Kier alpha value is -2.34. The molecule has 0 spiro atoms. The Kier molecular flexibility index (Phi) is 4.16. The Morgan fingerprint density at radius 3 is 2.90 bits per heavy atom. The zero-order valence-electron chi connectivity index (χ0n) is 11.6. The number of rotatable bonds is 6. The average molecular weight is 301 g/mol. The van der Waals surface area contributed by atoms with Crippen molar-refractivity contribution in [2.45, 2.75) is 13.1 Å². The zero-order valence-corrected chi connectivity index (χ0v) is 12.4. The highest BCUT2D eigenvalue weighted by molar-refractivity contribution is 7.09. The molecule has 0 fully saturated rings. The fourth-order valence-corrected chi connectivity index (χ4v) is 2.70. The molecule has 108 valence electrons. The fraction of sp³-hybridized carbons (Fsp3) is 0.200. The fourth-order valence-electron chi connectivity index (χ4n) is 1.98. The molecular weight excluding hydrogens is 286 g/mol. The van der Waals surface area contributed by atoms with Crippen molar-refractivity contribution in [2.75, 3.05) is 12.0 Å². The second-order valence-corrected chi connectivity index (χ2v) is 5.45. The highest BCUT2D eigenvalue weighted by Crippen LogP contribution is 2.20. The Balaban J connectivity index is 1.86. The molecule has 0 aliphatic carbocycles. The van der Waals surface area contributed by atoms with Crippen LogP contribution < -0.4 is 9.64 Å². The molecule has 0 aliphatic rings. The summed E-state index contributed by atoms with van der Waals surface area (Å²) in [6, 6.07) is 9.70. The molecule has 3 rings (SSSR count). The first-order chi connectivity index (χ1) is 10.3. The third-order valence-electron chi connectivity index (χ3n) is 2.96. The summed E-state index contributed by atoms with van der Waals surface area (Å²) in [5.41, 5.74) is 0. The third kappa shape index (κ3) is 3.41. The zero-order chi connectivity index (χ0) is 14.5. The van der Waals surface area contributed by atoms with Crippen LogP contribution in [0.2, 0.25) is 0 Å². The van der Waals surface area contributed by atoms with E-state index in [-0.39, 0.29) is 0 Å². The first-order valence-electron chi connectivity index (χ1n) is 6.52. The topological polar surface area (TPSA) is 51.4 Å². The molecule has 0 atom stereocenters. The van der Waals surface area contributed by atoms with Gasteiger partial charge in [-0.25, -0.2) is 4.98 Å². The minimum Gasteiger partial charge on any atom is -0.481 e. The van der Waals surface area contributed by atoms with Crippen molar-refractivity contribution in [3.8, 4) is 5.88 Å². The Labute approximate surface area is 126 Å². The van der Waals surface area contributed by atoms with Gasteiger partial charge in [-0.05, 0) is 23.6 Å². The van der Waals surface area contributed by atoms with Crippen molar-refractivity contribution in [1.82, 2.24) is 9.97 Å². The maximum Gasteiger partial charge on any atom is 0.229 e. The number of furan rings is 1. The Bertz CT molecular complexity index is 632. The molecule has 0 bridgehead atoms. The van der Waals surface area contributed by atoms with Crippen LogP contribution in [0, 0.1) is 0 Å². The normalized spacial score (nSPS) is 10.5. The van der Waals surface area contributed by atoms with Gasteiger partial charge in [-0.2, -0.15) is 4.98 Å². The summed E-state index contributed by atoms with van der Waals surface area (Å²) < 4.78 is 10.6. The van der Waals surface area contributed by atoms with Crippen molar-refractivity contribution in [3.05, 3.63) is 58.8 Å². The molecule has 0 saturated carbocycles. The van der Waals surface area contributed by atoms with E-state index >= 15 is 0 Å². The van der Waals surface area contributed by atoms with Crippen LogP contribution in [0.4, 0.5) is 5.95 Å². The van der Waals surface area contributed by atoms with E-state index in [1.54, 1.807) is 37.0 Å². The monoisotopic (exact) mass is 301 g/mol. The highest BCUT2D eigenvalue weighted by Gasteiger charge is 2.14. The molecule has 3 aromatic rings. The summed E-state index contributed by atoms with van der Waals surface area (Å²) in [6.07, 6.45) is 3.37. The number of hydrogen-bond acceptors (Lipinski definition) is 6. The molecule has 0 amide bonds. The first kappa shape index (κ1) is 13.6. The van der Waals surface area contributed by atoms with Crippen LogP contribution in [-0.4, -0.2) is 17.1 Å². The maximum absolute atomic E-state index is 5.44. The lowest BCUT2D eigenvalue weighted by Gasteiger charge is -2.21. The number of aromatic nitrogens is 2. The van der Waals surface area contributed by atoms with E-state index in [4.69, 9.17) is 9.15 Å². The third-order valence-corrected chi connectivity index (χ3v) is 3.82. The minimum absolute atomic E-state index is 0.552. The number of anilines is 1. The van der Waals surface area contributed by atoms with Crippen molar-refractivity contribution in [3.63, 3.8) is 0 Å². The van der Waals surface area contributed by atoms with E-state index in [9.17, 15) is 0 Å². The number of nitrogens with zero attached hydrogens (tertiary/aromatic N) is 3. The Morgan fingerprint density at radius 2 is 2.19 bits per heavy atom. The molecule has 0 N–H and O–H groups in total. The molecule has 21 heavy (non-hydrogen) atoms. The summed E-state index contributed by atoms with van der Waals surface area (Å²) >= 11 is 1.71. The van der Waals surface area contributed by atoms with Crippen molar-refractivity contribution in [1.29, 1.82) is 0 Å². The van der Waals surface area contributed by atoms with Gasteiger partial charge in [0.2, 0.25) is 11.8 Å².